The maximum atomic E-state index is 4.72. The lowest BCUT2D eigenvalue weighted by atomic mass is 9.46. The molecular weight excluding hydrogens is 354 g/mol. The van der Waals surface area contributed by atoms with E-state index in [4.69, 9.17) is 5.21 Å². The molecule has 0 bridgehead atoms. The lowest BCUT2D eigenvalue weighted by Gasteiger charge is -2.59. The molecule has 3 nitrogen and oxygen atoms in total. The fourth-order valence-corrected chi connectivity index (χ4v) is 9.10. The fourth-order valence-electron chi connectivity index (χ4n) is 9.10. The van der Waals surface area contributed by atoms with Crippen LogP contribution in [0.15, 0.2) is 18.3 Å². The average Bonchev–Trinajstić information content (AvgIpc) is 3.46. The van der Waals surface area contributed by atoms with Crippen LogP contribution in [-0.2, 0) is 0 Å². The van der Waals surface area contributed by atoms with E-state index in [1.54, 1.807) is 0 Å². The van der Waals surface area contributed by atoms with E-state index in [-0.39, 0.29) is 0 Å². The van der Waals surface area contributed by atoms with E-state index in [2.05, 4.69) is 42.0 Å². The second-order valence-electron chi connectivity index (χ2n) is 11.8. The molecule has 0 radical (unpaired) electrons. The van der Waals surface area contributed by atoms with Crippen molar-refractivity contribution in [1.29, 1.82) is 0 Å². The fraction of sp³-hybridized carbons (Fsp3) is 0.846. The first kappa shape index (κ1) is 18.6. The third-order valence-corrected chi connectivity index (χ3v) is 10.8. The molecular formula is C26H39N3. The van der Waals surface area contributed by atoms with E-state index in [1.807, 2.05) is 0 Å². The summed E-state index contributed by atoms with van der Waals surface area (Å²) >= 11 is 0. The first-order valence-corrected chi connectivity index (χ1v) is 12.7. The van der Waals surface area contributed by atoms with Crippen molar-refractivity contribution in [1.82, 2.24) is 15.0 Å². The summed E-state index contributed by atoms with van der Waals surface area (Å²) in [6, 6.07) is 0.577. The molecule has 1 aromatic heterocycles. The number of fused-ring (bicyclic) bond motifs is 5. The van der Waals surface area contributed by atoms with Crippen molar-refractivity contribution in [3.63, 3.8) is 0 Å². The summed E-state index contributed by atoms with van der Waals surface area (Å²) in [4.78, 5) is 0. The van der Waals surface area contributed by atoms with E-state index in [9.17, 15) is 0 Å². The van der Waals surface area contributed by atoms with Crippen LogP contribution in [0.2, 0.25) is 0 Å². The molecule has 1 aromatic rings. The SMILES string of the molecule is C[C@]12CC=CC[C@@H]1CC[C@@H]1[C@@H]2CC[C@@]2(C)[C@H]1CC[C@H]2n1cc(C2CCCC2)nn1. The molecule has 5 aliphatic rings. The molecule has 5 aliphatic carbocycles. The van der Waals surface area contributed by atoms with Gasteiger partial charge < -0.3 is 0 Å². The zero-order valence-corrected chi connectivity index (χ0v) is 18.5. The maximum absolute atomic E-state index is 4.72. The Morgan fingerprint density at radius 2 is 1.72 bits per heavy atom. The van der Waals surface area contributed by atoms with Crippen LogP contribution in [0.5, 0.6) is 0 Å². The zero-order valence-electron chi connectivity index (χ0n) is 18.5. The monoisotopic (exact) mass is 393 g/mol. The highest BCUT2D eigenvalue weighted by molar-refractivity contribution is 5.13. The molecule has 3 heteroatoms. The Morgan fingerprint density at radius 3 is 2.59 bits per heavy atom. The summed E-state index contributed by atoms with van der Waals surface area (Å²) in [6.07, 6.45) is 23.9. The van der Waals surface area contributed by atoms with E-state index >= 15 is 0 Å². The van der Waals surface area contributed by atoms with E-state index in [0.717, 1.165) is 23.7 Å². The first-order chi connectivity index (χ1) is 14.1. The Kier molecular flexibility index (Phi) is 4.30. The molecule has 6 rings (SSSR count). The van der Waals surface area contributed by atoms with Gasteiger partial charge in [0.15, 0.2) is 0 Å². The van der Waals surface area contributed by atoms with Gasteiger partial charge in [0.1, 0.15) is 0 Å². The smallest absolute Gasteiger partial charge is 0.0858 e. The Morgan fingerprint density at radius 1 is 0.897 bits per heavy atom. The summed E-state index contributed by atoms with van der Waals surface area (Å²) < 4.78 is 2.32. The van der Waals surface area contributed by atoms with E-state index < -0.39 is 0 Å². The van der Waals surface area contributed by atoms with Gasteiger partial charge in [0, 0.05) is 12.1 Å². The Hall–Kier alpha value is -1.12. The lowest BCUT2D eigenvalue weighted by Crippen LogP contribution is -2.52. The number of rotatable bonds is 2. The summed E-state index contributed by atoms with van der Waals surface area (Å²) in [5.74, 6) is 4.42. The maximum Gasteiger partial charge on any atom is 0.0858 e. The lowest BCUT2D eigenvalue weighted by molar-refractivity contribution is -0.0954. The van der Waals surface area contributed by atoms with Gasteiger partial charge in [-0.1, -0.05) is 44.1 Å². The normalized spacial score (nSPS) is 47.0. The summed E-state index contributed by atoms with van der Waals surface area (Å²) in [6.45, 7) is 5.27. The summed E-state index contributed by atoms with van der Waals surface area (Å²) in [5, 5.41) is 9.38. The van der Waals surface area contributed by atoms with Crippen LogP contribution in [0.4, 0.5) is 0 Å². The largest absolute Gasteiger partial charge is 0.249 e. The van der Waals surface area contributed by atoms with Gasteiger partial charge in [-0.15, -0.1) is 5.10 Å². The summed E-state index contributed by atoms with van der Waals surface area (Å²) in [5.41, 5.74) is 2.28. The van der Waals surface area contributed by atoms with Gasteiger partial charge in [0.2, 0.25) is 0 Å². The van der Waals surface area contributed by atoms with Gasteiger partial charge in [0.25, 0.3) is 0 Å². The highest BCUT2D eigenvalue weighted by Gasteiger charge is 2.60. The van der Waals surface area contributed by atoms with Crippen LogP contribution in [0.1, 0.15) is 109 Å². The van der Waals surface area contributed by atoms with Crippen molar-refractivity contribution in [3.8, 4) is 0 Å². The van der Waals surface area contributed by atoms with Gasteiger partial charge in [0.05, 0.1) is 11.7 Å². The number of hydrogen-bond donors (Lipinski definition) is 0. The van der Waals surface area contributed by atoms with Crippen molar-refractivity contribution in [2.75, 3.05) is 0 Å². The minimum atomic E-state index is 0.426. The topological polar surface area (TPSA) is 30.7 Å². The van der Waals surface area contributed by atoms with E-state index in [0.29, 0.717) is 22.8 Å². The molecule has 0 N–H and O–H groups in total. The predicted molar refractivity (Wildman–Crippen MR) is 117 cm³/mol. The van der Waals surface area contributed by atoms with Gasteiger partial charge in [-0.3, -0.25) is 0 Å². The third kappa shape index (κ3) is 2.67. The van der Waals surface area contributed by atoms with Crippen molar-refractivity contribution in [3.05, 3.63) is 24.0 Å². The minimum Gasteiger partial charge on any atom is -0.249 e. The van der Waals surface area contributed by atoms with Crippen LogP contribution >= 0.6 is 0 Å². The molecule has 7 atom stereocenters. The Bertz CT molecular complexity index is 790. The molecule has 1 heterocycles. The number of hydrogen-bond acceptors (Lipinski definition) is 2. The number of nitrogens with zero attached hydrogens (tertiary/aromatic N) is 3. The van der Waals surface area contributed by atoms with E-state index in [1.165, 1.54) is 82.7 Å². The molecule has 0 saturated heterocycles. The molecule has 4 saturated carbocycles. The standard InChI is InChI=1S/C26H39N3/c1-25-15-6-5-9-19(25)10-11-20-21-12-13-24(26(21,2)16-14-22(20)25)29-17-23(27-28-29)18-7-3-4-8-18/h5-6,17-22,24H,3-4,7-16H2,1-2H3/t19-,20+,21+,22+,24-,25+,26+/m1/s1. The minimum absolute atomic E-state index is 0.426. The highest BCUT2D eigenvalue weighted by Crippen LogP contribution is 2.67. The van der Waals surface area contributed by atoms with Crippen molar-refractivity contribution in [2.24, 2.45) is 34.5 Å². The van der Waals surface area contributed by atoms with Crippen molar-refractivity contribution >= 4 is 0 Å². The first-order valence-electron chi connectivity index (χ1n) is 12.7. The second-order valence-corrected chi connectivity index (χ2v) is 11.8. The van der Waals surface area contributed by atoms with Crippen LogP contribution in [-0.4, -0.2) is 15.0 Å². The summed E-state index contributed by atoms with van der Waals surface area (Å²) in [7, 11) is 0. The molecule has 0 unspecified atom stereocenters. The van der Waals surface area contributed by atoms with Crippen molar-refractivity contribution in [2.45, 2.75) is 103 Å². The van der Waals surface area contributed by atoms with Gasteiger partial charge in [-0.25, -0.2) is 4.68 Å². The second kappa shape index (κ2) is 6.69. The number of allylic oxidation sites excluding steroid dienone is 2. The van der Waals surface area contributed by atoms with Gasteiger partial charge in [-0.2, -0.15) is 0 Å². The molecule has 0 amide bonds. The van der Waals surface area contributed by atoms with Gasteiger partial charge >= 0.3 is 0 Å². The molecule has 0 spiro atoms. The molecule has 0 aromatic carbocycles. The average molecular weight is 394 g/mol. The predicted octanol–water partition coefficient (Wildman–Crippen LogP) is 6.69. The Balaban J connectivity index is 1.26. The van der Waals surface area contributed by atoms with Gasteiger partial charge in [-0.05, 0) is 98.7 Å². The highest BCUT2D eigenvalue weighted by atomic mass is 15.4. The van der Waals surface area contributed by atoms with Crippen LogP contribution in [0.3, 0.4) is 0 Å². The zero-order chi connectivity index (χ0) is 19.6. The van der Waals surface area contributed by atoms with Crippen LogP contribution < -0.4 is 0 Å². The Labute approximate surface area is 176 Å². The van der Waals surface area contributed by atoms with Crippen LogP contribution in [0, 0.1) is 34.5 Å². The quantitative estimate of drug-likeness (QED) is 0.524. The number of aromatic nitrogens is 3. The van der Waals surface area contributed by atoms with Crippen molar-refractivity contribution < 1.29 is 0 Å². The molecule has 0 aliphatic heterocycles. The van der Waals surface area contributed by atoms with Crippen LogP contribution in [0.25, 0.3) is 0 Å². The molecule has 4 fully saturated rings. The molecule has 29 heavy (non-hydrogen) atoms. The third-order valence-electron chi connectivity index (χ3n) is 10.8. The molecule has 158 valence electrons.